The lowest BCUT2D eigenvalue weighted by molar-refractivity contribution is -0.118. The third-order valence-electron chi connectivity index (χ3n) is 4.29. The summed E-state index contributed by atoms with van der Waals surface area (Å²) < 4.78 is 13.5. The number of carbonyl (C=O) groups excluding carboxylic acids is 1. The molecule has 2 unspecified atom stereocenters. The largest absolute Gasteiger partial charge is 0.330 e. The Morgan fingerprint density at radius 2 is 2.19 bits per heavy atom. The quantitative estimate of drug-likeness (QED) is 0.845. The molecule has 0 bridgehead atoms. The van der Waals surface area contributed by atoms with Gasteiger partial charge in [0.15, 0.2) is 0 Å². The summed E-state index contributed by atoms with van der Waals surface area (Å²) in [7, 11) is 0. The van der Waals surface area contributed by atoms with E-state index < -0.39 is 5.82 Å². The van der Waals surface area contributed by atoms with Gasteiger partial charge in [-0.1, -0.05) is 25.5 Å². The molecule has 1 saturated carbocycles. The molecule has 21 heavy (non-hydrogen) atoms. The maximum atomic E-state index is 13.5. The van der Waals surface area contributed by atoms with Crippen LogP contribution in [-0.4, -0.2) is 36.5 Å². The second kappa shape index (κ2) is 7.52. The molecule has 1 aliphatic rings. The number of anilines is 1. The van der Waals surface area contributed by atoms with Crippen LogP contribution in [0.2, 0.25) is 0 Å². The summed E-state index contributed by atoms with van der Waals surface area (Å²) in [6.07, 6.45) is 3.38. The zero-order valence-electron chi connectivity index (χ0n) is 12.5. The Hall–Kier alpha value is -1.46. The fourth-order valence-electron chi connectivity index (χ4n) is 3.17. The van der Waals surface area contributed by atoms with Crippen molar-refractivity contribution in [3.05, 3.63) is 30.1 Å². The molecule has 0 aromatic heterocycles. The number of hydrogen-bond donors (Lipinski definition) is 2. The lowest BCUT2D eigenvalue weighted by Gasteiger charge is -2.31. The molecule has 0 heterocycles. The molecule has 1 aromatic carbocycles. The van der Waals surface area contributed by atoms with Crippen molar-refractivity contribution in [1.82, 2.24) is 4.90 Å². The van der Waals surface area contributed by atoms with E-state index in [1.807, 2.05) is 6.92 Å². The number of carbonyl (C=O) groups is 1. The van der Waals surface area contributed by atoms with Crippen molar-refractivity contribution < 1.29 is 9.18 Å². The molecular weight excluding hydrogens is 269 g/mol. The van der Waals surface area contributed by atoms with Crippen LogP contribution < -0.4 is 11.1 Å². The SMILES string of the molecule is CCN(CC(=O)Nc1ccccc1F)C1CCCC1CN. The summed E-state index contributed by atoms with van der Waals surface area (Å²) >= 11 is 0. The Kier molecular flexibility index (Phi) is 5.70. The van der Waals surface area contributed by atoms with E-state index in [0.29, 0.717) is 18.5 Å². The molecule has 1 aromatic rings. The molecule has 0 spiro atoms. The van der Waals surface area contributed by atoms with Crippen LogP contribution in [0.1, 0.15) is 26.2 Å². The fourth-order valence-corrected chi connectivity index (χ4v) is 3.17. The first-order chi connectivity index (χ1) is 10.2. The zero-order valence-corrected chi connectivity index (χ0v) is 12.5. The molecule has 1 amide bonds. The molecule has 2 rings (SSSR count). The number of halogens is 1. The van der Waals surface area contributed by atoms with Gasteiger partial charge in [0.1, 0.15) is 5.82 Å². The smallest absolute Gasteiger partial charge is 0.238 e. The van der Waals surface area contributed by atoms with Crippen LogP contribution in [0, 0.1) is 11.7 Å². The van der Waals surface area contributed by atoms with Crippen LogP contribution in [0.3, 0.4) is 0 Å². The number of rotatable bonds is 6. The molecule has 2 atom stereocenters. The van der Waals surface area contributed by atoms with Crippen LogP contribution >= 0.6 is 0 Å². The number of nitrogens with one attached hydrogen (secondary N) is 1. The van der Waals surface area contributed by atoms with E-state index in [9.17, 15) is 9.18 Å². The highest BCUT2D eigenvalue weighted by Gasteiger charge is 2.31. The van der Waals surface area contributed by atoms with Gasteiger partial charge in [-0.15, -0.1) is 0 Å². The molecule has 0 saturated heterocycles. The van der Waals surface area contributed by atoms with E-state index in [0.717, 1.165) is 25.8 Å². The van der Waals surface area contributed by atoms with E-state index in [1.165, 1.54) is 6.07 Å². The van der Waals surface area contributed by atoms with Crippen molar-refractivity contribution >= 4 is 11.6 Å². The zero-order chi connectivity index (χ0) is 15.2. The first-order valence-electron chi connectivity index (χ1n) is 7.64. The minimum Gasteiger partial charge on any atom is -0.330 e. The Bertz CT molecular complexity index is 480. The predicted octanol–water partition coefficient (Wildman–Crippen LogP) is 2.21. The lowest BCUT2D eigenvalue weighted by Crippen LogP contribution is -2.44. The molecule has 3 N–H and O–H groups in total. The van der Waals surface area contributed by atoms with Crippen LogP contribution in [0.15, 0.2) is 24.3 Å². The van der Waals surface area contributed by atoms with Gasteiger partial charge in [-0.3, -0.25) is 9.69 Å². The molecule has 5 heteroatoms. The van der Waals surface area contributed by atoms with Gasteiger partial charge in [-0.2, -0.15) is 0 Å². The van der Waals surface area contributed by atoms with Crippen molar-refractivity contribution in [3.63, 3.8) is 0 Å². The molecule has 116 valence electrons. The highest BCUT2D eigenvalue weighted by atomic mass is 19.1. The van der Waals surface area contributed by atoms with Crippen LogP contribution in [0.25, 0.3) is 0 Å². The molecule has 1 aliphatic carbocycles. The molecule has 0 aliphatic heterocycles. The second-order valence-electron chi connectivity index (χ2n) is 5.59. The Morgan fingerprint density at radius 3 is 2.86 bits per heavy atom. The Morgan fingerprint density at radius 1 is 1.43 bits per heavy atom. The van der Waals surface area contributed by atoms with E-state index in [2.05, 4.69) is 10.2 Å². The number of likely N-dealkylation sites (N-methyl/N-ethyl adjacent to an activating group) is 1. The van der Waals surface area contributed by atoms with Gasteiger partial charge in [0.2, 0.25) is 5.91 Å². The van der Waals surface area contributed by atoms with Crippen LogP contribution in [0.5, 0.6) is 0 Å². The highest BCUT2D eigenvalue weighted by molar-refractivity contribution is 5.92. The van der Waals surface area contributed by atoms with E-state index in [4.69, 9.17) is 5.73 Å². The van der Waals surface area contributed by atoms with Gasteiger partial charge in [-0.25, -0.2) is 4.39 Å². The van der Waals surface area contributed by atoms with Crippen molar-refractivity contribution in [2.45, 2.75) is 32.2 Å². The number of nitrogens with zero attached hydrogens (tertiary/aromatic N) is 1. The van der Waals surface area contributed by atoms with Gasteiger partial charge >= 0.3 is 0 Å². The van der Waals surface area contributed by atoms with Gasteiger partial charge in [0, 0.05) is 6.04 Å². The first-order valence-corrected chi connectivity index (χ1v) is 7.64. The first kappa shape index (κ1) is 15.9. The third kappa shape index (κ3) is 4.02. The van der Waals surface area contributed by atoms with Gasteiger partial charge in [-0.05, 0) is 44.0 Å². The summed E-state index contributed by atoms with van der Waals surface area (Å²) in [4.78, 5) is 14.3. The predicted molar refractivity (Wildman–Crippen MR) is 82.5 cm³/mol. The number of hydrogen-bond acceptors (Lipinski definition) is 3. The van der Waals surface area contributed by atoms with Crippen molar-refractivity contribution in [2.24, 2.45) is 11.7 Å². The molecule has 4 nitrogen and oxygen atoms in total. The minimum atomic E-state index is -0.408. The van der Waals surface area contributed by atoms with Gasteiger partial charge < -0.3 is 11.1 Å². The van der Waals surface area contributed by atoms with E-state index in [1.54, 1.807) is 18.2 Å². The number of nitrogens with two attached hydrogens (primary N) is 1. The lowest BCUT2D eigenvalue weighted by atomic mass is 10.0. The monoisotopic (exact) mass is 293 g/mol. The third-order valence-corrected chi connectivity index (χ3v) is 4.29. The summed E-state index contributed by atoms with van der Waals surface area (Å²) in [5.41, 5.74) is 6.05. The average Bonchev–Trinajstić information content (AvgIpc) is 2.95. The second-order valence-corrected chi connectivity index (χ2v) is 5.59. The number of benzene rings is 1. The summed E-state index contributed by atoms with van der Waals surface area (Å²) in [6, 6.07) is 6.59. The van der Waals surface area contributed by atoms with E-state index in [-0.39, 0.29) is 18.1 Å². The molecular formula is C16H24FN3O. The standard InChI is InChI=1S/C16H24FN3O/c1-2-20(15-9-5-6-12(15)10-18)11-16(21)19-14-8-4-3-7-13(14)17/h3-4,7-8,12,15H,2,5-6,9-11,18H2,1H3,(H,19,21). The number of amides is 1. The average molecular weight is 293 g/mol. The van der Waals surface area contributed by atoms with Crippen molar-refractivity contribution in [1.29, 1.82) is 0 Å². The van der Waals surface area contributed by atoms with E-state index >= 15 is 0 Å². The summed E-state index contributed by atoms with van der Waals surface area (Å²) in [5.74, 6) is -0.120. The van der Waals surface area contributed by atoms with Gasteiger partial charge in [0.25, 0.3) is 0 Å². The normalized spacial score (nSPS) is 21.7. The Labute approximate surface area is 125 Å². The highest BCUT2D eigenvalue weighted by Crippen LogP contribution is 2.29. The number of para-hydroxylation sites is 1. The molecule has 0 radical (unpaired) electrons. The minimum absolute atomic E-state index is 0.176. The maximum absolute atomic E-state index is 13.5. The summed E-state index contributed by atoms with van der Waals surface area (Å²) in [6.45, 7) is 3.79. The molecule has 1 fully saturated rings. The maximum Gasteiger partial charge on any atom is 0.238 e. The fraction of sp³-hybridized carbons (Fsp3) is 0.562. The van der Waals surface area contributed by atoms with Gasteiger partial charge in [0.05, 0.1) is 12.2 Å². The van der Waals surface area contributed by atoms with Crippen molar-refractivity contribution in [3.8, 4) is 0 Å². The van der Waals surface area contributed by atoms with Crippen molar-refractivity contribution in [2.75, 3.05) is 25.0 Å². The summed E-state index contributed by atoms with van der Waals surface area (Å²) in [5, 5.41) is 2.64. The topological polar surface area (TPSA) is 58.4 Å². The van der Waals surface area contributed by atoms with Crippen LogP contribution in [-0.2, 0) is 4.79 Å². The Balaban J connectivity index is 1.95. The van der Waals surface area contributed by atoms with Crippen LogP contribution in [0.4, 0.5) is 10.1 Å².